The molecular formula is C12H13N3OS. The molecule has 0 atom stereocenters. The van der Waals surface area contributed by atoms with E-state index in [2.05, 4.69) is 10.3 Å². The molecule has 0 amide bonds. The fraction of sp³-hybridized carbons (Fsp3) is 0.250. The first-order chi connectivity index (χ1) is 8.15. The highest BCUT2D eigenvalue weighted by atomic mass is 32.2. The van der Waals surface area contributed by atoms with Gasteiger partial charge in [-0.25, -0.2) is 0 Å². The Morgan fingerprint density at radius 3 is 2.59 bits per heavy atom. The van der Waals surface area contributed by atoms with Gasteiger partial charge in [-0.3, -0.25) is 9.48 Å². The zero-order valence-electron chi connectivity index (χ0n) is 9.75. The minimum absolute atomic E-state index is 0.0930. The highest BCUT2D eigenvalue weighted by Gasteiger charge is 2.02. The lowest BCUT2D eigenvalue weighted by molar-refractivity contribution is 0.101. The van der Waals surface area contributed by atoms with Crippen molar-refractivity contribution >= 4 is 17.5 Å². The second-order valence-corrected chi connectivity index (χ2v) is 4.80. The molecule has 0 N–H and O–H groups in total. The van der Waals surface area contributed by atoms with E-state index in [9.17, 15) is 4.79 Å². The van der Waals surface area contributed by atoms with Crippen LogP contribution < -0.4 is 0 Å². The summed E-state index contributed by atoms with van der Waals surface area (Å²) in [4.78, 5) is 12.2. The maximum Gasteiger partial charge on any atom is 0.159 e. The first kappa shape index (κ1) is 11.9. The lowest BCUT2D eigenvalue weighted by atomic mass is 10.2. The third kappa shape index (κ3) is 3.17. The van der Waals surface area contributed by atoms with E-state index in [1.807, 2.05) is 37.5 Å². The summed E-state index contributed by atoms with van der Waals surface area (Å²) in [7, 11) is 1.85. The normalized spacial score (nSPS) is 10.5. The SMILES string of the molecule is CC(=O)c1ccc(SCc2cn(C)nn2)cc1. The van der Waals surface area contributed by atoms with Gasteiger partial charge in [0.1, 0.15) is 0 Å². The molecule has 0 fully saturated rings. The number of hydrogen-bond donors (Lipinski definition) is 0. The van der Waals surface area contributed by atoms with E-state index >= 15 is 0 Å². The fourth-order valence-corrected chi connectivity index (χ4v) is 2.18. The fourth-order valence-electron chi connectivity index (χ4n) is 1.40. The summed E-state index contributed by atoms with van der Waals surface area (Å²) < 4.78 is 1.69. The molecule has 1 aromatic heterocycles. The summed E-state index contributed by atoms with van der Waals surface area (Å²) in [6.07, 6.45) is 1.90. The maximum atomic E-state index is 11.1. The third-order valence-corrected chi connectivity index (χ3v) is 3.34. The largest absolute Gasteiger partial charge is 0.295 e. The minimum atomic E-state index is 0.0930. The van der Waals surface area contributed by atoms with Gasteiger partial charge in [0.2, 0.25) is 0 Å². The van der Waals surface area contributed by atoms with Crippen LogP contribution in [0.5, 0.6) is 0 Å². The van der Waals surface area contributed by atoms with Crippen molar-refractivity contribution in [2.24, 2.45) is 7.05 Å². The highest BCUT2D eigenvalue weighted by molar-refractivity contribution is 7.98. The Morgan fingerprint density at radius 1 is 1.35 bits per heavy atom. The number of hydrogen-bond acceptors (Lipinski definition) is 4. The van der Waals surface area contributed by atoms with Gasteiger partial charge in [0.05, 0.1) is 5.69 Å². The van der Waals surface area contributed by atoms with E-state index < -0.39 is 0 Å². The van der Waals surface area contributed by atoms with Crippen LogP contribution in [0.1, 0.15) is 23.0 Å². The van der Waals surface area contributed by atoms with Gasteiger partial charge in [0, 0.05) is 29.5 Å². The van der Waals surface area contributed by atoms with Crippen molar-refractivity contribution in [3.63, 3.8) is 0 Å². The molecule has 0 unspecified atom stereocenters. The second kappa shape index (κ2) is 5.14. The minimum Gasteiger partial charge on any atom is -0.295 e. The number of rotatable bonds is 4. The zero-order chi connectivity index (χ0) is 12.3. The predicted molar refractivity (Wildman–Crippen MR) is 67.0 cm³/mol. The highest BCUT2D eigenvalue weighted by Crippen LogP contribution is 2.22. The van der Waals surface area contributed by atoms with Crippen LogP contribution in [0, 0.1) is 0 Å². The molecule has 0 spiro atoms. The number of nitrogens with zero attached hydrogens (tertiary/aromatic N) is 3. The number of benzene rings is 1. The van der Waals surface area contributed by atoms with Gasteiger partial charge < -0.3 is 0 Å². The summed E-state index contributed by atoms with van der Waals surface area (Å²) in [5.74, 6) is 0.878. The molecule has 2 aromatic rings. The summed E-state index contributed by atoms with van der Waals surface area (Å²) in [5.41, 5.74) is 1.70. The topological polar surface area (TPSA) is 47.8 Å². The molecule has 2 rings (SSSR count). The van der Waals surface area contributed by atoms with Gasteiger partial charge in [-0.2, -0.15) is 0 Å². The predicted octanol–water partition coefficient (Wildman–Crippen LogP) is 2.31. The standard InChI is InChI=1S/C12H13N3OS/c1-9(16)10-3-5-12(6-4-10)17-8-11-7-15(2)14-13-11/h3-7H,8H2,1-2H3. The van der Waals surface area contributed by atoms with Crippen LogP contribution in [0.15, 0.2) is 35.4 Å². The van der Waals surface area contributed by atoms with E-state index in [0.717, 1.165) is 21.9 Å². The van der Waals surface area contributed by atoms with Gasteiger partial charge >= 0.3 is 0 Å². The van der Waals surface area contributed by atoms with E-state index in [0.29, 0.717) is 0 Å². The van der Waals surface area contributed by atoms with Gasteiger partial charge in [-0.1, -0.05) is 17.3 Å². The lowest BCUT2D eigenvalue weighted by Gasteiger charge is -2.00. The van der Waals surface area contributed by atoms with Gasteiger partial charge in [-0.15, -0.1) is 16.9 Å². The van der Waals surface area contributed by atoms with Crippen LogP contribution in [-0.2, 0) is 12.8 Å². The van der Waals surface area contributed by atoms with Crippen LogP contribution in [0.3, 0.4) is 0 Å². The van der Waals surface area contributed by atoms with E-state index in [1.54, 1.807) is 23.4 Å². The van der Waals surface area contributed by atoms with E-state index in [-0.39, 0.29) is 5.78 Å². The summed E-state index contributed by atoms with van der Waals surface area (Å²) in [6.45, 7) is 1.57. The number of carbonyl (C=O) groups is 1. The first-order valence-electron chi connectivity index (χ1n) is 5.24. The molecule has 1 aromatic carbocycles. The molecule has 4 nitrogen and oxygen atoms in total. The number of aryl methyl sites for hydroxylation is 1. The van der Waals surface area contributed by atoms with Crippen LogP contribution in [-0.4, -0.2) is 20.8 Å². The molecule has 0 aliphatic carbocycles. The molecule has 0 saturated carbocycles. The Labute approximate surface area is 104 Å². The van der Waals surface area contributed by atoms with Gasteiger partial charge in [0.25, 0.3) is 0 Å². The molecule has 5 heteroatoms. The average molecular weight is 247 g/mol. The molecule has 0 aliphatic heterocycles. The average Bonchev–Trinajstić information content (AvgIpc) is 2.73. The zero-order valence-corrected chi connectivity index (χ0v) is 10.6. The van der Waals surface area contributed by atoms with Crippen molar-refractivity contribution in [2.45, 2.75) is 17.6 Å². The van der Waals surface area contributed by atoms with Crippen LogP contribution in [0.2, 0.25) is 0 Å². The summed E-state index contributed by atoms with van der Waals surface area (Å²) in [5, 5.41) is 7.89. The van der Waals surface area contributed by atoms with Gasteiger partial charge in [0.15, 0.2) is 5.78 Å². The van der Waals surface area contributed by atoms with Crippen molar-refractivity contribution in [3.8, 4) is 0 Å². The van der Waals surface area contributed by atoms with E-state index in [4.69, 9.17) is 0 Å². The number of Topliss-reactive ketones (excluding diaryl/α,β-unsaturated/α-hetero) is 1. The summed E-state index contributed by atoms with van der Waals surface area (Å²) in [6, 6.07) is 7.61. The van der Waals surface area contributed by atoms with Crippen molar-refractivity contribution < 1.29 is 4.79 Å². The summed E-state index contributed by atoms with van der Waals surface area (Å²) >= 11 is 1.68. The second-order valence-electron chi connectivity index (χ2n) is 3.75. The lowest BCUT2D eigenvalue weighted by Crippen LogP contribution is -1.90. The molecule has 88 valence electrons. The number of thioether (sulfide) groups is 1. The number of carbonyl (C=O) groups excluding carboxylic acids is 1. The van der Waals surface area contributed by atoms with Crippen molar-refractivity contribution in [2.75, 3.05) is 0 Å². The molecular weight excluding hydrogens is 234 g/mol. The Morgan fingerprint density at radius 2 is 2.06 bits per heavy atom. The Bertz CT molecular complexity index is 519. The Balaban J connectivity index is 1.97. The Hall–Kier alpha value is -1.62. The monoisotopic (exact) mass is 247 g/mol. The van der Waals surface area contributed by atoms with Crippen LogP contribution in [0.25, 0.3) is 0 Å². The third-order valence-electron chi connectivity index (χ3n) is 2.30. The molecule has 0 saturated heterocycles. The van der Waals surface area contributed by atoms with Crippen molar-refractivity contribution in [1.82, 2.24) is 15.0 Å². The molecule has 0 radical (unpaired) electrons. The van der Waals surface area contributed by atoms with Crippen LogP contribution >= 0.6 is 11.8 Å². The molecule has 0 bridgehead atoms. The first-order valence-corrected chi connectivity index (χ1v) is 6.23. The number of aromatic nitrogens is 3. The smallest absolute Gasteiger partial charge is 0.159 e. The molecule has 1 heterocycles. The van der Waals surface area contributed by atoms with Crippen molar-refractivity contribution in [1.29, 1.82) is 0 Å². The maximum absolute atomic E-state index is 11.1. The van der Waals surface area contributed by atoms with E-state index in [1.165, 1.54) is 0 Å². The number of ketones is 1. The van der Waals surface area contributed by atoms with Crippen LogP contribution in [0.4, 0.5) is 0 Å². The van der Waals surface area contributed by atoms with Crippen molar-refractivity contribution in [3.05, 3.63) is 41.7 Å². The molecule has 0 aliphatic rings. The quantitative estimate of drug-likeness (QED) is 0.614. The Kier molecular flexibility index (Phi) is 3.58. The van der Waals surface area contributed by atoms with Gasteiger partial charge in [-0.05, 0) is 19.1 Å². The molecule has 17 heavy (non-hydrogen) atoms.